The highest BCUT2D eigenvalue weighted by molar-refractivity contribution is 6.19. The Morgan fingerprint density at radius 2 is 1.72 bits per heavy atom. The fourth-order valence-electron chi connectivity index (χ4n) is 4.79. The summed E-state index contributed by atoms with van der Waals surface area (Å²) in [5.74, 6) is 1.85. The van der Waals surface area contributed by atoms with Crippen molar-refractivity contribution < 1.29 is 23.8 Å². The molecular formula is C28H35N3O5. The van der Waals surface area contributed by atoms with Crippen molar-refractivity contribution in [2.45, 2.75) is 52.7 Å². The molecule has 4 rings (SSSR count). The van der Waals surface area contributed by atoms with Crippen LogP contribution in [0.15, 0.2) is 47.6 Å². The van der Waals surface area contributed by atoms with Crippen LogP contribution in [0.2, 0.25) is 0 Å². The minimum atomic E-state index is -0.774. The Labute approximate surface area is 212 Å². The average molecular weight is 494 g/mol. The predicted molar refractivity (Wildman–Crippen MR) is 138 cm³/mol. The Balaban J connectivity index is 1.48. The first-order chi connectivity index (χ1) is 17.1. The molecule has 1 saturated heterocycles. The van der Waals surface area contributed by atoms with Gasteiger partial charge in [0.15, 0.2) is 11.5 Å². The minimum absolute atomic E-state index is 0.0229. The van der Waals surface area contributed by atoms with Crippen molar-refractivity contribution in [3.05, 3.63) is 53.6 Å². The predicted octanol–water partition coefficient (Wildman–Crippen LogP) is 4.37. The van der Waals surface area contributed by atoms with Gasteiger partial charge in [-0.25, -0.2) is 5.01 Å². The molecule has 0 N–H and O–H groups in total. The Kier molecular flexibility index (Phi) is 7.24. The van der Waals surface area contributed by atoms with Crippen LogP contribution in [-0.4, -0.2) is 66.9 Å². The number of likely N-dealkylation sites (tertiary alicyclic amines) is 1. The van der Waals surface area contributed by atoms with Gasteiger partial charge in [-0.1, -0.05) is 6.07 Å². The van der Waals surface area contributed by atoms with Gasteiger partial charge in [-0.05, 0) is 76.9 Å². The molecule has 0 radical (unpaired) electrons. The molecular weight excluding hydrogens is 458 g/mol. The summed E-state index contributed by atoms with van der Waals surface area (Å²) in [5.41, 5.74) is 1.36. The molecule has 0 atom stereocenters. The molecule has 2 heterocycles. The van der Waals surface area contributed by atoms with E-state index in [4.69, 9.17) is 19.3 Å². The molecule has 36 heavy (non-hydrogen) atoms. The number of hydrazone groups is 1. The molecule has 2 aromatic carbocycles. The summed E-state index contributed by atoms with van der Waals surface area (Å²) in [7, 11) is 3.18. The molecule has 0 aliphatic carbocycles. The van der Waals surface area contributed by atoms with Crippen molar-refractivity contribution in [2.24, 2.45) is 10.5 Å². The van der Waals surface area contributed by atoms with Crippen molar-refractivity contribution in [3.8, 4) is 17.2 Å². The SMILES string of the molecule is COc1ccc(C2=NN(C3CCN(C(=O)c4cccc(OC(C)C)c4)CC3)C(=O)C2(C)C)cc1OC. The zero-order valence-electron chi connectivity index (χ0n) is 21.9. The maximum atomic E-state index is 13.4. The van der Waals surface area contributed by atoms with Crippen LogP contribution in [0.1, 0.15) is 56.5 Å². The van der Waals surface area contributed by atoms with E-state index in [-0.39, 0.29) is 24.0 Å². The third-order valence-electron chi connectivity index (χ3n) is 6.75. The third-order valence-corrected chi connectivity index (χ3v) is 6.75. The van der Waals surface area contributed by atoms with Crippen LogP contribution in [0, 0.1) is 5.41 Å². The number of rotatable bonds is 7. The molecule has 8 nitrogen and oxygen atoms in total. The number of ether oxygens (including phenoxy) is 3. The molecule has 0 saturated carbocycles. The Bertz CT molecular complexity index is 1170. The van der Waals surface area contributed by atoms with Gasteiger partial charge in [0.25, 0.3) is 11.8 Å². The van der Waals surface area contributed by atoms with Crippen LogP contribution >= 0.6 is 0 Å². The van der Waals surface area contributed by atoms with E-state index in [0.29, 0.717) is 54.5 Å². The lowest BCUT2D eigenvalue weighted by molar-refractivity contribution is -0.137. The maximum Gasteiger partial charge on any atom is 0.254 e. The summed E-state index contributed by atoms with van der Waals surface area (Å²) < 4.78 is 16.5. The standard InChI is InChI=1S/C28H35N3O5/c1-18(2)36-22-9-7-8-20(16-22)26(32)30-14-12-21(13-15-30)31-27(33)28(3,4)25(29-31)19-10-11-23(34-5)24(17-19)35-6/h7-11,16-18,21H,12-15H2,1-6H3. The van der Waals surface area contributed by atoms with Gasteiger partial charge in [-0.15, -0.1) is 0 Å². The number of methoxy groups -OCH3 is 2. The van der Waals surface area contributed by atoms with E-state index in [0.717, 1.165) is 5.56 Å². The molecule has 8 heteroatoms. The lowest BCUT2D eigenvalue weighted by atomic mass is 9.83. The van der Waals surface area contributed by atoms with E-state index in [9.17, 15) is 9.59 Å². The molecule has 2 amide bonds. The van der Waals surface area contributed by atoms with Gasteiger partial charge in [-0.2, -0.15) is 5.10 Å². The van der Waals surface area contributed by atoms with E-state index in [1.165, 1.54) is 0 Å². The first-order valence-electron chi connectivity index (χ1n) is 12.4. The number of hydrogen-bond donors (Lipinski definition) is 0. The first-order valence-corrected chi connectivity index (χ1v) is 12.4. The van der Waals surface area contributed by atoms with E-state index in [1.807, 2.05) is 69.0 Å². The summed E-state index contributed by atoms with van der Waals surface area (Å²) in [6, 6.07) is 12.8. The lowest BCUT2D eigenvalue weighted by Crippen LogP contribution is -2.47. The summed E-state index contributed by atoms with van der Waals surface area (Å²) >= 11 is 0. The van der Waals surface area contributed by atoms with Crippen molar-refractivity contribution in [2.75, 3.05) is 27.3 Å². The van der Waals surface area contributed by atoms with Crippen molar-refractivity contribution in [3.63, 3.8) is 0 Å². The highest BCUT2D eigenvalue weighted by Crippen LogP contribution is 2.37. The van der Waals surface area contributed by atoms with Crippen molar-refractivity contribution in [1.82, 2.24) is 9.91 Å². The number of benzene rings is 2. The number of hydrogen-bond acceptors (Lipinski definition) is 6. The van der Waals surface area contributed by atoms with Crippen LogP contribution in [0.4, 0.5) is 0 Å². The number of nitrogens with zero attached hydrogens (tertiary/aromatic N) is 3. The molecule has 0 unspecified atom stereocenters. The second kappa shape index (κ2) is 10.2. The summed E-state index contributed by atoms with van der Waals surface area (Å²) in [5, 5.41) is 6.43. The smallest absolute Gasteiger partial charge is 0.254 e. The van der Waals surface area contributed by atoms with Gasteiger partial charge in [0.1, 0.15) is 5.75 Å². The van der Waals surface area contributed by atoms with Gasteiger partial charge in [-0.3, -0.25) is 9.59 Å². The van der Waals surface area contributed by atoms with Crippen LogP contribution in [0.25, 0.3) is 0 Å². The minimum Gasteiger partial charge on any atom is -0.493 e. The molecule has 0 aromatic heterocycles. The number of piperidine rings is 1. The summed E-state index contributed by atoms with van der Waals surface area (Å²) in [6.07, 6.45) is 1.37. The highest BCUT2D eigenvalue weighted by Gasteiger charge is 2.47. The van der Waals surface area contributed by atoms with Crippen LogP contribution in [0.5, 0.6) is 17.2 Å². The first kappa shape index (κ1) is 25.5. The highest BCUT2D eigenvalue weighted by atomic mass is 16.5. The van der Waals surface area contributed by atoms with Crippen LogP contribution in [0.3, 0.4) is 0 Å². The third kappa shape index (κ3) is 4.90. The molecule has 2 aliphatic rings. The molecule has 2 aliphatic heterocycles. The molecule has 2 aromatic rings. The van der Waals surface area contributed by atoms with E-state index in [2.05, 4.69) is 0 Å². The zero-order chi connectivity index (χ0) is 26.0. The van der Waals surface area contributed by atoms with E-state index in [1.54, 1.807) is 25.3 Å². The number of carbonyl (C=O) groups excluding carboxylic acids is 2. The maximum absolute atomic E-state index is 13.4. The van der Waals surface area contributed by atoms with Gasteiger partial charge in [0, 0.05) is 24.2 Å². The number of amides is 2. The molecule has 192 valence electrons. The van der Waals surface area contributed by atoms with Crippen LogP contribution < -0.4 is 14.2 Å². The second-order valence-corrected chi connectivity index (χ2v) is 10.0. The number of carbonyl (C=O) groups is 2. The molecule has 0 bridgehead atoms. The van der Waals surface area contributed by atoms with Crippen molar-refractivity contribution >= 4 is 17.5 Å². The zero-order valence-corrected chi connectivity index (χ0v) is 21.9. The van der Waals surface area contributed by atoms with Gasteiger partial charge in [0.05, 0.1) is 37.5 Å². The second-order valence-electron chi connectivity index (χ2n) is 10.0. The monoisotopic (exact) mass is 493 g/mol. The quantitative estimate of drug-likeness (QED) is 0.572. The lowest BCUT2D eigenvalue weighted by Gasteiger charge is -2.35. The summed E-state index contributed by atoms with van der Waals surface area (Å²) in [4.78, 5) is 28.4. The molecule has 1 fully saturated rings. The summed E-state index contributed by atoms with van der Waals surface area (Å²) in [6.45, 7) is 8.83. The van der Waals surface area contributed by atoms with Gasteiger partial charge < -0.3 is 19.1 Å². The van der Waals surface area contributed by atoms with Gasteiger partial charge >= 0.3 is 0 Å². The molecule has 0 spiro atoms. The topological polar surface area (TPSA) is 80.7 Å². The van der Waals surface area contributed by atoms with Gasteiger partial charge in [0.2, 0.25) is 0 Å². The Morgan fingerprint density at radius 1 is 1.03 bits per heavy atom. The Hall–Kier alpha value is -3.55. The van der Waals surface area contributed by atoms with Crippen LogP contribution in [-0.2, 0) is 4.79 Å². The van der Waals surface area contributed by atoms with Crippen molar-refractivity contribution in [1.29, 1.82) is 0 Å². The van der Waals surface area contributed by atoms with E-state index >= 15 is 0 Å². The normalized spacial score (nSPS) is 17.9. The Morgan fingerprint density at radius 3 is 2.36 bits per heavy atom. The largest absolute Gasteiger partial charge is 0.493 e. The van der Waals surface area contributed by atoms with E-state index < -0.39 is 5.41 Å². The fraction of sp³-hybridized carbons (Fsp3) is 0.464. The average Bonchev–Trinajstić information content (AvgIpc) is 3.11. The fourth-order valence-corrected chi connectivity index (χ4v) is 4.79.